The highest BCUT2D eigenvalue weighted by Gasteiger charge is 2.34. The van der Waals surface area contributed by atoms with Gasteiger partial charge < -0.3 is 10.5 Å². The van der Waals surface area contributed by atoms with Crippen molar-refractivity contribution in [3.63, 3.8) is 0 Å². The molecule has 1 aliphatic carbocycles. The van der Waals surface area contributed by atoms with Crippen LogP contribution in [0.1, 0.15) is 49.1 Å². The molecule has 0 heterocycles. The van der Waals surface area contributed by atoms with Crippen LogP contribution in [0, 0.1) is 11.7 Å². The molecule has 0 unspecified atom stereocenters. The predicted molar refractivity (Wildman–Crippen MR) is 100 cm³/mol. The van der Waals surface area contributed by atoms with Crippen molar-refractivity contribution in [1.29, 1.82) is 0 Å². The summed E-state index contributed by atoms with van der Waals surface area (Å²) < 4.78 is 51.6. The minimum Gasteiger partial charge on any atom is -0.409 e. The van der Waals surface area contributed by atoms with E-state index in [2.05, 4.69) is 22.6 Å². The van der Waals surface area contributed by atoms with Crippen LogP contribution in [-0.4, -0.2) is 11.0 Å². The minimum absolute atomic E-state index is 0.122. The molecule has 3 rings (SSSR count). The molecule has 3 nitrogen and oxygen atoms in total. The first-order valence-corrected chi connectivity index (χ1v) is 9.26. The number of alkyl halides is 3. The van der Waals surface area contributed by atoms with Gasteiger partial charge in [0, 0.05) is 12.1 Å². The van der Waals surface area contributed by atoms with Crippen LogP contribution < -0.4 is 5.32 Å². The first-order valence-electron chi connectivity index (χ1n) is 9.26. The van der Waals surface area contributed by atoms with E-state index in [9.17, 15) is 22.8 Å². The van der Waals surface area contributed by atoms with E-state index in [0.29, 0.717) is 24.3 Å². The van der Waals surface area contributed by atoms with Gasteiger partial charge in [-0.25, -0.2) is 4.39 Å². The highest BCUT2D eigenvalue weighted by atomic mass is 19.4. The highest BCUT2D eigenvalue weighted by molar-refractivity contribution is 5.95. The summed E-state index contributed by atoms with van der Waals surface area (Å²) in [6.07, 6.45) is -0.303. The fourth-order valence-electron chi connectivity index (χ4n) is 3.80. The summed E-state index contributed by atoms with van der Waals surface area (Å²) in [4.78, 5) is 0. The number of hydrogen-bond acceptors (Lipinski definition) is 2. The van der Waals surface area contributed by atoms with E-state index in [0.717, 1.165) is 37.8 Å². The molecule has 1 saturated carbocycles. The standard InChI is InChI=1S/C21H22F4N2O/c22-19-13-17(10-11-18(19)21(23,24)25)26-20(27-28)12-14-6-8-16(9-7-14)15-4-2-1-3-5-15/h1-5,10-11,13-14,16,28H,6-9,12H2,(H,26,27). The molecule has 0 spiro atoms. The third-order valence-electron chi connectivity index (χ3n) is 5.28. The zero-order valence-electron chi connectivity index (χ0n) is 15.2. The predicted octanol–water partition coefficient (Wildman–Crippen LogP) is 6.41. The fraction of sp³-hybridized carbons (Fsp3) is 0.381. The molecule has 2 N–H and O–H groups in total. The first kappa shape index (κ1) is 20.2. The fourth-order valence-corrected chi connectivity index (χ4v) is 3.80. The quantitative estimate of drug-likeness (QED) is 0.207. The van der Waals surface area contributed by atoms with E-state index >= 15 is 0 Å². The summed E-state index contributed by atoms with van der Waals surface area (Å²) in [7, 11) is 0. The van der Waals surface area contributed by atoms with E-state index in [1.165, 1.54) is 5.56 Å². The lowest BCUT2D eigenvalue weighted by molar-refractivity contribution is -0.139. The van der Waals surface area contributed by atoms with Gasteiger partial charge in [-0.2, -0.15) is 13.2 Å². The molecule has 0 amide bonds. The second-order valence-electron chi connectivity index (χ2n) is 7.20. The average molecular weight is 394 g/mol. The second kappa shape index (κ2) is 8.63. The van der Waals surface area contributed by atoms with Gasteiger partial charge in [0.25, 0.3) is 0 Å². The number of amidine groups is 1. The normalized spacial score (nSPS) is 20.8. The molecular weight excluding hydrogens is 372 g/mol. The number of nitrogens with zero attached hydrogens (tertiary/aromatic N) is 1. The van der Waals surface area contributed by atoms with Gasteiger partial charge in [-0.15, -0.1) is 0 Å². The lowest BCUT2D eigenvalue weighted by Gasteiger charge is -2.29. The van der Waals surface area contributed by atoms with Gasteiger partial charge in [-0.1, -0.05) is 35.5 Å². The molecule has 7 heteroatoms. The largest absolute Gasteiger partial charge is 0.419 e. The minimum atomic E-state index is -4.74. The van der Waals surface area contributed by atoms with Crippen LogP contribution in [0.3, 0.4) is 0 Å². The van der Waals surface area contributed by atoms with E-state index in [1.54, 1.807) is 0 Å². The maximum absolute atomic E-state index is 13.7. The van der Waals surface area contributed by atoms with Crippen molar-refractivity contribution in [2.75, 3.05) is 5.32 Å². The lowest BCUT2D eigenvalue weighted by Crippen LogP contribution is -2.21. The SMILES string of the molecule is O/N=C(/CC1CCC(c2ccccc2)CC1)Nc1ccc(C(F)(F)F)c(F)c1. The van der Waals surface area contributed by atoms with Crippen LogP contribution in [0.5, 0.6) is 0 Å². The van der Waals surface area contributed by atoms with Gasteiger partial charge >= 0.3 is 6.18 Å². The molecule has 0 saturated heterocycles. The van der Waals surface area contributed by atoms with Gasteiger partial charge in [0.15, 0.2) is 0 Å². The zero-order chi connectivity index (χ0) is 20.1. The third kappa shape index (κ3) is 5.03. The molecule has 0 radical (unpaired) electrons. The Morgan fingerprint density at radius 1 is 1.04 bits per heavy atom. The molecule has 1 fully saturated rings. The summed E-state index contributed by atoms with van der Waals surface area (Å²) in [5.74, 6) is -0.318. The Hall–Kier alpha value is -2.57. The third-order valence-corrected chi connectivity index (χ3v) is 5.28. The van der Waals surface area contributed by atoms with E-state index in [4.69, 9.17) is 0 Å². The maximum atomic E-state index is 13.7. The van der Waals surface area contributed by atoms with Crippen molar-refractivity contribution in [2.24, 2.45) is 11.1 Å². The Bertz CT molecular complexity index is 813. The maximum Gasteiger partial charge on any atom is 0.419 e. The van der Waals surface area contributed by atoms with Gasteiger partial charge in [0.05, 0.1) is 5.56 Å². The van der Waals surface area contributed by atoms with Gasteiger partial charge in [0.1, 0.15) is 11.7 Å². The molecule has 0 atom stereocenters. The number of benzene rings is 2. The molecule has 2 aromatic rings. The molecule has 28 heavy (non-hydrogen) atoms. The van der Waals surface area contributed by atoms with Gasteiger partial charge in [-0.05, 0) is 61.3 Å². The van der Waals surface area contributed by atoms with E-state index in [1.807, 2.05) is 18.2 Å². The van der Waals surface area contributed by atoms with Crippen molar-refractivity contribution in [3.05, 3.63) is 65.5 Å². The number of nitrogens with one attached hydrogen (secondary N) is 1. The highest BCUT2D eigenvalue weighted by Crippen LogP contribution is 2.37. The van der Waals surface area contributed by atoms with Crippen LogP contribution in [0.4, 0.5) is 23.2 Å². The van der Waals surface area contributed by atoms with Crippen LogP contribution in [0.2, 0.25) is 0 Å². The number of oxime groups is 1. The molecule has 0 aromatic heterocycles. The number of rotatable bonds is 4. The van der Waals surface area contributed by atoms with Crippen molar-refractivity contribution in [1.82, 2.24) is 0 Å². The van der Waals surface area contributed by atoms with Crippen molar-refractivity contribution < 1.29 is 22.8 Å². The Morgan fingerprint density at radius 3 is 2.29 bits per heavy atom. The first-order chi connectivity index (χ1) is 13.4. The van der Waals surface area contributed by atoms with Crippen LogP contribution in [0.15, 0.2) is 53.7 Å². The summed E-state index contributed by atoms with van der Waals surface area (Å²) in [6.45, 7) is 0. The Balaban J connectivity index is 1.56. The molecule has 2 aromatic carbocycles. The number of hydrogen-bond donors (Lipinski definition) is 2. The van der Waals surface area contributed by atoms with Crippen LogP contribution >= 0.6 is 0 Å². The Morgan fingerprint density at radius 2 is 1.71 bits per heavy atom. The molecule has 0 bridgehead atoms. The molecular formula is C21H22F4N2O. The van der Waals surface area contributed by atoms with Crippen molar-refractivity contribution in [2.45, 2.75) is 44.2 Å². The second-order valence-corrected chi connectivity index (χ2v) is 7.20. The smallest absolute Gasteiger partial charge is 0.409 e. The summed E-state index contributed by atoms with van der Waals surface area (Å²) >= 11 is 0. The molecule has 150 valence electrons. The molecule has 0 aliphatic heterocycles. The number of anilines is 1. The Kier molecular flexibility index (Phi) is 6.21. The van der Waals surface area contributed by atoms with Gasteiger partial charge in [-0.3, -0.25) is 0 Å². The summed E-state index contributed by atoms with van der Waals surface area (Å²) in [5.41, 5.74) is 0.131. The van der Waals surface area contributed by atoms with E-state index < -0.39 is 17.6 Å². The lowest BCUT2D eigenvalue weighted by atomic mass is 9.77. The summed E-state index contributed by atoms with van der Waals surface area (Å²) in [5, 5.41) is 15.2. The van der Waals surface area contributed by atoms with Crippen LogP contribution in [0.25, 0.3) is 0 Å². The van der Waals surface area contributed by atoms with Crippen molar-refractivity contribution in [3.8, 4) is 0 Å². The number of halogens is 4. The van der Waals surface area contributed by atoms with Crippen molar-refractivity contribution >= 4 is 11.5 Å². The monoisotopic (exact) mass is 394 g/mol. The summed E-state index contributed by atoms with van der Waals surface area (Å²) in [6, 6.07) is 12.9. The van der Waals surface area contributed by atoms with Gasteiger partial charge in [0.2, 0.25) is 0 Å². The average Bonchev–Trinajstić information content (AvgIpc) is 2.68. The topological polar surface area (TPSA) is 44.6 Å². The van der Waals surface area contributed by atoms with E-state index in [-0.39, 0.29) is 11.5 Å². The van der Waals surface area contributed by atoms with Crippen LogP contribution in [-0.2, 0) is 6.18 Å². The molecule has 1 aliphatic rings. The zero-order valence-corrected chi connectivity index (χ0v) is 15.2. The Labute approximate surface area is 161 Å².